The third-order valence-electron chi connectivity index (χ3n) is 0.428. The minimum Gasteiger partial charge on any atom is -0.485 e. The Morgan fingerprint density at radius 1 is 1.11 bits per heavy atom. The third-order valence-corrected chi connectivity index (χ3v) is 1.28. The van der Waals surface area contributed by atoms with E-state index in [1.807, 2.05) is 0 Å². The summed E-state index contributed by atoms with van der Waals surface area (Å²) in [6, 6.07) is 0. The zero-order valence-corrected chi connectivity index (χ0v) is 6.37. The van der Waals surface area contributed by atoms with Crippen molar-refractivity contribution >= 4 is 21.9 Å². The highest BCUT2D eigenvalue weighted by Gasteiger charge is 1.97. The van der Waals surface area contributed by atoms with Crippen LogP contribution in [0.15, 0.2) is 0 Å². The van der Waals surface area contributed by atoms with Crippen LogP contribution < -0.4 is 0 Å². The first-order chi connectivity index (χ1) is 4.13. The zero-order valence-electron chi connectivity index (χ0n) is 5.21. The second kappa shape index (κ2) is 4.08. The lowest BCUT2D eigenvalue weighted by molar-refractivity contribution is -0.136. The highest BCUT2D eigenvalue weighted by molar-refractivity contribution is 6.25. The molecule has 1 radical (unpaired) electrons. The first-order valence-corrected chi connectivity index (χ1v) is 3.23. The molecule has 0 aliphatic heterocycles. The van der Waals surface area contributed by atoms with Gasteiger partial charge in [0, 0.05) is 13.8 Å². The summed E-state index contributed by atoms with van der Waals surface area (Å²) in [5.74, 6) is -0.850. The van der Waals surface area contributed by atoms with E-state index in [2.05, 4.69) is 8.85 Å². The molecule has 5 heteroatoms. The molecular weight excluding hydrogens is 140 g/mol. The van der Waals surface area contributed by atoms with Gasteiger partial charge in [0.25, 0.3) is 11.9 Å². The fraction of sp³-hybridized carbons (Fsp3) is 0.500. The molecule has 0 fully saturated rings. The van der Waals surface area contributed by atoms with Crippen molar-refractivity contribution in [3.05, 3.63) is 0 Å². The molecule has 4 nitrogen and oxygen atoms in total. The number of hydrogen-bond acceptors (Lipinski definition) is 4. The second-order valence-electron chi connectivity index (χ2n) is 1.32. The van der Waals surface area contributed by atoms with Gasteiger partial charge in [-0.3, -0.25) is 9.59 Å². The average molecular weight is 147 g/mol. The van der Waals surface area contributed by atoms with Gasteiger partial charge in [0.1, 0.15) is 0 Å². The smallest absolute Gasteiger partial charge is 0.485 e. The molecule has 0 rings (SSSR count). The van der Waals surface area contributed by atoms with Crippen molar-refractivity contribution in [3.63, 3.8) is 0 Å². The molecule has 0 bridgehead atoms. The van der Waals surface area contributed by atoms with Crippen LogP contribution in [0.25, 0.3) is 0 Å². The topological polar surface area (TPSA) is 52.6 Å². The van der Waals surface area contributed by atoms with E-state index < -0.39 is 21.9 Å². The number of rotatable bonds is 2. The van der Waals surface area contributed by atoms with Crippen LogP contribution in [0, 0.1) is 0 Å². The Morgan fingerprint density at radius 2 is 1.44 bits per heavy atom. The quantitative estimate of drug-likeness (QED) is 0.488. The summed E-state index contributed by atoms with van der Waals surface area (Å²) in [5.41, 5.74) is 0. The minimum atomic E-state index is -0.944. The van der Waals surface area contributed by atoms with Crippen LogP contribution >= 0.6 is 0 Å². The monoisotopic (exact) mass is 147 g/mol. The van der Waals surface area contributed by atoms with Crippen molar-refractivity contribution in [2.24, 2.45) is 0 Å². The van der Waals surface area contributed by atoms with E-state index in [9.17, 15) is 9.59 Å². The molecule has 0 unspecified atom stereocenters. The molecular formula is C4H7O4Si. The van der Waals surface area contributed by atoms with Gasteiger partial charge in [-0.15, -0.1) is 0 Å². The first-order valence-electron chi connectivity index (χ1n) is 2.29. The summed E-state index contributed by atoms with van der Waals surface area (Å²) in [6.07, 6.45) is 0. The van der Waals surface area contributed by atoms with E-state index in [1.165, 1.54) is 13.8 Å². The molecule has 0 aromatic heterocycles. The van der Waals surface area contributed by atoms with Crippen molar-refractivity contribution in [2.45, 2.75) is 13.8 Å². The molecule has 0 spiro atoms. The Morgan fingerprint density at radius 3 is 1.67 bits per heavy atom. The lowest BCUT2D eigenvalue weighted by atomic mass is 10.9. The van der Waals surface area contributed by atoms with Gasteiger partial charge in [-0.25, -0.2) is 0 Å². The van der Waals surface area contributed by atoms with E-state index in [4.69, 9.17) is 0 Å². The van der Waals surface area contributed by atoms with Gasteiger partial charge in [0.15, 0.2) is 0 Å². The van der Waals surface area contributed by atoms with Gasteiger partial charge in [-0.05, 0) is 0 Å². The Hall–Kier alpha value is -0.843. The summed E-state index contributed by atoms with van der Waals surface area (Å²) in [5, 5.41) is 0. The van der Waals surface area contributed by atoms with Crippen molar-refractivity contribution in [3.8, 4) is 0 Å². The fourth-order valence-electron chi connectivity index (χ4n) is 0.160. The summed E-state index contributed by atoms with van der Waals surface area (Å²) in [6.45, 7) is 2.52. The van der Waals surface area contributed by atoms with Crippen molar-refractivity contribution in [1.29, 1.82) is 0 Å². The highest BCUT2D eigenvalue weighted by Crippen LogP contribution is 1.75. The first kappa shape index (κ1) is 8.16. The second-order valence-corrected chi connectivity index (χ2v) is 1.98. The summed E-state index contributed by atoms with van der Waals surface area (Å²) in [7, 11) is -0.944. The molecule has 0 aliphatic carbocycles. The lowest BCUT2D eigenvalue weighted by Gasteiger charge is -1.97. The predicted molar refractivity (Wildman–Crippen MR) is 30.7 cm³/mol. The largest absolute Gasteiger partial charge is 0.516 e. The predicted octanol–water partition coefficient (Wildman–Crippen LogP) is -0.621. The highest BCUT2D eigenvalue weighted by atomic mass is 28.3. The van der Waals surface area contributed by atoms with Gasteiger partial charge in [-0.1, -0.05) is 0 Å². The maximum absolute atomic E-state index is 10.0. The SMILES string of the molecule is CC(=O)O[SiH]OC(C)=O. The maximum atomic E-state index is 10.0. The van der Waals surface area contributed by atoms with Crippen LogP contribution in [0.4, 0.5) is 0 Å². The number of carbonyl (C=O) groups excluding carboxylic acids is 2. The molecule has 0 aliphatic rings. The molecule has 0 saturated heterocycles. The Bertz CT molecular complexity index is 108. The zero-order chi connectivity index (χ0) is 7.28. The summed E-state index contributed by atoms with van der Waals surface area (Å²) >= 11 is 0. The Kier molecular flexibility index (Phi) is 3.70. The third kappa shape index (κ3) is 7.16. The summed E-state index contributed by atoms with van der Waals surface area (Å²) < 4.78 is 8.71. The fourth-order valence-corrected chi connectivity index (χ4v) is 0.479. The number of carbonyl (C=O) groups is 2. The number of hydrogen-bond donors (Lipinski definition) is 0. The van der Waals surface area contributed by atoms with Crippen LogP contribution in [0.3, 0.4) is 0 Å². The van der Waals surface area contributed by atoms with Gasteiger partial charge in [-0.2, -0.15) is 0 Å². The molecule has 0 amide bonds. The molecule has 51 valence electrons. The van der Waals surface area contributed by atoms with Crippen molar-refractivity contribution in [2.75, 3.05) is 0 Å². The van der Waals surface area contributed by atoms with Crippen LogP contribution in [0.2, 0.25) is 0 Å². The van der Waals surface area contributed by atoms with Crippen molar-refractivity contribution < 1.29 is 18.4 Å². The molecule has 0 heterocycles. The van der Waals surface area contributed by atoms with E-state index in [-0.39, 0.29) is 0 Å². The maximum Gasteiger partial charge on any atom is 0.516 e. The van der Waals surface area contributed by atoms with Crippen LogP contribution in [-0.4, -0.2) is 21.9 Å². The molecule has 0 atom stereocenters. The van der Waals surface area contributed by atoms with Gasteiger partial charge >= 0.3 is 10.0 Å². The molecule has 0 saturated carbocycles. The van der Waals surface area contributed by atoms with Crippen LogP contribution in [0.1, 0.15) is 13.8 Å². The average Bonchev–Trinajstić information content (AvgIpc) is 1.63. The van der Waals surface area contributed by atoms with Crippen LogP contribution in [-0.2, 0) is 18.4 Å². The van der Waals surface area contributed by atoms with Crippen LogP contribution in [0.5, 0.6) is 0 Å². The van der Waals surface area contributed by atoms with Crippen molar-refractivity contribution in [1.82, 2.24) is 0 Å². The lowest BCUT2D eigenvalue weighted by Crippen LogP contribution is -2.11. The van der Waals surface area contributed by atoms with E-state index in [0.717, 1.165) is 0 Å². The Balaban J connectivity index is 3.10. The minimum absolute atomic E-state index is 0.425. The molecule has 0 aromatic carbocycles. The van der Waals surface area contributed by atoms with E-state index in [0.29, 0.717) is 0 Å². The van der Waals surface area contributed by atoms with Gasteiger partial charge in [0.05, 0.1) is 0 Å². The molecule has 0 N–H and O–H groups in total. The van der Waals surface area contributed by atoms with Gasteiger partial charge in [0.2, 0.25) is 0 Å². The summed E-state index contributed by atoms with van der Waals surface area (Å²) in [4.78, 5) is 20.1. The standard InChI is InChI=1S/C4H7O4Si/c1-3(5)7-9-8-4(2)6/h9H,1-2H3. The van der Waals surface area contributed by atoms with E-state index >= 15 is 0 Å². The Labute approximate surface area is 55.2 Å². The molecule has 9 heavy (non-hydrogen) atoms. The normalized spacial score (nSPS) is 8.22. The van der Waals surface area contributed by atoms with Gasteiger partial charge < -0.3 is 8.85 Å². The van der Waals surface area contributed by atoms with E-state index in [1.54, 1.807) is 0 Å². The molecule has 0 aromatic rings.